The minimum Gasteiger partial charge on any atom is -0.478 e. The molecule has 0 saturated heterocycles. The largest absolute Gasteiger partial charge is 0.478 e. The summed E-state index contributed by atoms with van der Waals surface area (Å²) < 4.78 is 0. The Morgan fingerprint density at radius 2 is 1.45 bits per heavy atom. The molecule has 0 bridgehead atoms. The van der Waals surface area contributed by atoms with E-state index >= 15 is 0 Å². The van der Waals surface area contributed by atoms with Crippen molar-refractivity contribution in [3.8, 4) is 0 Å². The second kappa shape index (κ2) is 11.7. The maximum absolute atomic E-state index is 13.3. The van der Waals surface area contributed by atoms with Crippen molar-refractivity contribution in [3.05, 3.63) is 70.8 Å². The number of carboxylic acid groups (broad SMARTS) is 1. The first-order chi connectivity index (χ1) is 23.3. The Bertz CT molecular complexity index is 1630. The van der Waals surface area contributed by atoms with Gasteiger partial charge in [-0.15, -0.1) is 0 Å². The number of carbonyl (C=O) groups excluding carboxylic acids is 1. The van der Waals surface area contributed by atoms with E-state index in [1.165, 1.54) is 82.6 Å². The Balaban J connectivity index is 0.989. The summed E-state index contributed by atoms with van der Waals surface area (Å²) >= 11 is 0. The summed E-state index contributed by atoms with van der Waals surface area (Å²) in [5.74, 6) is 2.89. The summed E-state index contributed by atoms with van der Waals surface area (Å²) in [6, 6.07) is 15.1. The van der Waals surface area contributed by atoms with Gasteiger partial charge in [-0.25, -0.2) is 4.79 Å². The fourth-order valence-electron chi connectivity index (χ4n) is 14.4. The topological polar surface area (TPSA) is 86.6 Å². The van der Waals surface area contributed by atoms with Crippen LogP contribution >= 0.6 is 0 Å². The number of rotatable bonds is 7. The predicted molar refractivity (Wildman–Crippen MR) is 193 cm³/mol. The molecule has 9 atom stereocenters. The highest BCUT2D eigenvalue weighted by Crippen LogP contribution is 2.78. The van der Waals surface area contributed by atoms with Gasteiger partial charge < -0.3 is 15.5 Å². The molecular formula is C44H59NO4. The van der Waals surface area contributed by atoms with Gasteiger partial charge in [0, 0.05) is 12.1 Å². The van der Waals surface area contributed by atoms with Crippen LogP contribution in [0.4, 0.5) is 0 Å². The van der Waals surface area contributed by atoms with Crippen LogP contribution in [0.25, 0.3) is 0 Å². The lowest BCUT2D eigenvalue weighted by Gasteiger charge is -2.69. The van der Waals surface area contributed by atoms with Gasteiger partial charge in [0.2, 0.25) is 0 Å². The van der Waals surface area contributed by atoms with Gasteiger partial charge in [-0.05, 0) is 176 Å². The van der Waals surface area contributed by atoms with Crippen molar-refractivity contribution < 1.29 is 19.8 Å². The first-order valence-electron chi connectivity index (χ1n) is 19.7. The zero-order valence-electron chi connectivity index (χ0n) is 30.4. The number of aromatic carboxylic acids is 1. The van der Waals surface area contributed by atoms with Crippen molar-refractivity contribution in [2.75, 3.05) is 0 Å². The molecule has 5 nitrogen and oxygen atoms in total. The molecule has 2 aromatic rings. The third-order valence-corrected chi connectivity index (χ3v) is 16.8. The van der Waals surface area contributed by atoms with Gasteiger partial charge >= 0.3 is 5.97 Å². The van der Waals surface area contributed by atoms with E-state index < -0.39 is 5.97 Å². The minimum atomic E-state index is -0.958. The number of benzene rings is 2. The molecule has 0 spiro atoms. The van der Waals surface area contributed by atoms with E-state index in [2.05, 4.69) is 51.2 Å². The van der Waals surface area contributed by atoms with E-state index in [1.54, 1.807) is 18.2 Å². The predicted octanol–water partition coefficient (Wildman–Crippen LogP) is 9.46. The average molecular weight is 666 g/mol. The van der Waals surface area contributed by atoms with Gasteiger partial charge in [-0.1, -0.05) is 58.4 Å². The maximum Gasteiger partial charge on any atom is 0.335 e. The lowest BCUT2D eigenvalue weighted by molar-refractivity contribution is -0.218. The van der Waals surface area contributed by atoms with Crippen molar-refractivity contribution in [1.29, 1.82) is 0 Å². The van der Waals surface area contributed by atoms with E-state index in [9.17, 15) is 19.8 Å². The molecule has 0 aromatic heterocycles. The number of hydrogen-bond acceptors (Lipinski definition) is 3. The summed E-state index contributed by atoms with van der Waals surface area (Å²) in [5.41, 5.74) is 4.62. The summed E-state index contributed by atoms with van der Waals surface area (Å²) in [4.78, 5) is 24.7. The molecular weight excluding hydrogens is 606 g/mol. The minimum absolute atomic E-state index is 0.0165. The third kappa shape index (κ3) is 5.09. The van der Waals surface area contributed by atoms with Crippen molar-refractivity contribution in [2.24, 2.45) is 56.7 Å². The average Bonchev–Trinajstić information content (AvgIpc) is 3.72. The quantitative estimate of drug-likeness (QED) is 0.275. The van der Waals surface area contributed by atoms with E-state index in [4.69, 9.17) is 0 Å². The highest BCUT2D eigenvalue weighted by Gasteiger charge is 2.70. The maximum atomic E-state index is 13.3. The first-order valence-corrected chi connectivity index (χ1v) is 19.7. The zero-order valence-corrected chi connectivity index (χ0v) is 30.4. The molecule has 264 valence electrons. The Morgan fingerprint density at radius 3 is 2.20 bits per heavy atom. The molecule has 8 rings (SSSR count). The standard InChI is InChI=1S/C44H59NO4/c1-40(2)35-16-19-41(3)33-15-21-44(18-7-12-34(44)32(33)13-14-36(41)42(35,4)20-17-37(40)46)43(22-23-43)26-28-8-5-10-30(24-28)38(47)45-27-29-9-6-11-31(25-29)39(48)49/h5-6,8-11,24-25,32-37,46H,7,12-23,26-27H2,1-4H3,(H,45,47)(H,48,49). The second-order valence-corrected chi connectivity index (χ2v) is 18.9. The molecule has 6 fully saturated rings. The Morgan fingerprint density at radius 1 is 0.735 bits per heavy atom. The molecule has 49 heavy (non-hydrogen) atoms. The molecule has 5 heteroatoms. The summed E-state index contributed by atoms with van der Waals surface area (Å²) in [5, 5.41) is 23.4. The Kier molecular flexibility index (Phi) is 7.98. The normalized spacial score (nSPS) is 39.9. The Labute approximate surface area is 294 Å². The molecule has 1 amide bonds. The van der Waals surface area contributed by atoms with Crippen LogP contribution in [-0.4, -0.2) is 28.2 Å². The monoisotopic (exact) mass is 665 g/mol. The fourth-order valence-corrected chi connectivity index (χ4v) is 14.4. The SMILES string of the molecule is CC1(C)C(O)CCC2(C)C1CCC1(C)C3CCC4(C5(Cc6cccc(C(=O)NCc7cccc(C(=O)O)c7)c6)CC5)CCCC4C3CCC12. The van der Waals surface area contributed by atoms with E-state index in [-0.39, 0.29) is 23.0 Å². The molecule has 6 aliphatic carbocycles. The number of hydrogen-bond donors (Lipinski definition) is 3. The van der Waals surface area contributed by atoms with Gasteiger partial charge in [-0.3, -0.25) is 4.79 Å². The van der Waals surface area contributed by atoms with Crippen molar-refractivity contribution in [3.63, 3.8) is 0 Å². The number of fused-ring (bicyclic) bond motifs is 7. The van der Waals surface area contributed by atoms with Gasteiger partial charge in [0.15, 0.2) is 0 Å². The molecule has 6 saturated carbocycles. The summed E-state index contributed by atoms with van der Waals surface area (Å²) in [7, 11) is 0. The van der Waals surface area contributed by atoms with E-state index in [1.807, 2.05) is 12.1 Å². The van der Waals surface area contributed by atoms with Crippen molar-refractivity contribution in [2.45, 2.75) is 130 Å². The molecule has 0 heterocycles. The van der Waals surface area contributed by atoms with Gasteiger partial charge in [0.25, 0.3) is 5.91 Å². The van der Waals surface area contributed by atoms with Crippen LogP contribution in [0, 0.1) is 56.7 Å². The number of nitrogens with one attached hydrogen (secondary N) is 1. The number of carboxylic acids is 1. The van der Waals surface area contributed by atoms with Crippen LogP contribution in [0.15, 0.2) is 48.5 Å². The second-order valence-electron chi connectivity index (χ2n) is 18.9. The van der Waals surface area contributed by atoms with Crippen molar-refractivity contribution >= 4 is 11.9 Å². The highest BCUT2D eigenvalue weighted by atomic mass is 16.4. The lowest BCUT2D eigenvalue weighted by Crippen LogP contribution is -2.63. The zero-order chi connectivity index (χ0) is 34.4. The van der Waals surface area contributed by atoms with Crippen LogP contribution < -0.4 is 5.32 Å². The van der Waals surface area contributed by atoms with Gasteiger partial charge in [0.05, 0.1) is 11.7 Å². The first kappa shape index (κ1) is 33.5. The number of amides is 1. The third-order valence-electron chi connectivity index (χ3n) is 16.8. The Hall–Kier alpha value is -2.66. The summed E-state index contributed by atoms with van der Waals surface area (Å²) in [6.07, 6.45) is 18.1. The van der Waals surface area contributed by atoms with Crippen LogP contribution in [0.5, 0.6) is 0 Å². The van der Waals surface area contributed by atoms with Gasteiger partial charge in [0.1, 0.15) is 0 Å². The fraction of sp³-hybridized carbons (Fsp3) is 0.682. The van der Waals surface area contributed by atoms with Gasteiger partial charge in [-0.2, -0.15) is 0 Å². The number of carbonyl (C=O) groups is 2. The van der Waals surface area contributed by atoms with Crippen molar-refractivity contribution in [1.82, 2.24) is 5.32 Å². The molecule has 0 radical (unpaired) electrons. The highest BCUT2D eigenvalue weighted by molar-refractivity contribution is 5.94. The molecule has 0 aliphatic heterocycles. The van der Waals surface area contributed by atoms with Crippen LogP contribution in [0.3, 0.4) is 0 Å². The molecule has 6 aliphatic rings. The summed E-state index contributed by atoms with van der Waals surface area (Å²) in [6.45, 7) is 10.4. The molecule has 9 unspecified atom stereocenters. The van der Waals surface area contributed by atoms with E-state index in [0.717, 1.165) is 42.1 Å². The van der Waals surface area contributed by atoms with Crippen LogP contribution in [-0.2, 0) is 13.0 Å². The smallest absolute Gasteiger partial charge is 0.335 e. The van der Waals surface area contributed by atoms with Crippen LogP contribution in [0.1, 0.15) is 143 Å². The van der Waals surface area contributed by atoms with E-state index in [0.29, 0.717) is 39.7 Å². The lowest BCUT2D eigenvalue weighted by atomic mass is 9.35. The number of aliphatic hydroxyl groups is 1. The molecule has 2 aromatic carbocycles. The van der Waals surface area contributed by atoms with Crippen LogP contribution in [0.2, 0.25) is 0 Å². The number of aliphatic hydroxyl groups excluding tert-OH is 1. The molecule has 3 N–H and O–H groups in total.